The first-order chi connectivity index (χ1) is 10.1. The molecule has 0 spiro atoms. The first-order valence-electron chi connectivity index (χ1n) is 7.67. The summed E-state index contributed by atoms with van der Waals surface area (Å²) >= 11 is 1.88. The van der Waals surface area contributed by atoms with Crippen molar-refractivity contribution in [1.29, 1.82) is 0 Å². The number of nitrogens with zero attached hydrogens (tertiary/aromatic N) is 3. The van der Waals surface area contributed by atoms with Gasteiger partial charge in [-0.25, -0.2) is 0 Å². The number of thiophene rings is 1. The van der Waals surface area contributed by atoms with E-state index >= 15 is 0 Å². The monoisotopic (exact) mass is 304 g/mol. The molecule has 1 saturated heterocycles. The molecule has 0 amide bonds. The van der Waals surface area contributed by atoms with Crippen molar-refractivity contribution in [2.45, 2.75) is 32.4 Å². The molecule has 0 aliphatic carbocycles. The van der Waals surface area contributed by atoms with E-state index in [9.17, 15) is 0 Å². The lowest BCUT2D eigenvalue weighted by molar-refractivity contribution is 0.167. The van der Waals surface area contributed by atoms with Crippen LogP contribution in [0.2, 0.25) is 0 Å². The number of hydrogen-bond acceptors (Lipinski definition) is 4. The molecule has 114 valence electrons. The molecule has 0 radical (unpaired) electrons. The van der Waals surface area contributed by atoms with Gasteiger partial charge in [-0.05, 0) is 50.9 Å². The average molecular weight is 304 g/mol. The van der Waals surface area contributed by atoms with Gasteiger partial charge in [-0.2, -0.15) is 5.10 Å². The van der Waals surface area contributed by atoms with Crippen LogP contribution in [0.15, 0.2) is 24.5 Å². The zero-order valence-corrected chi connectivity index (χ0v) is 13.6. The minimum atomic E-state index is 0.339. The largest absolute Gasteiger partial charge is 0.328 e. The Morgan fingerprint density at radius 1 is 1.38 bits per heavy atom. The zero-order chi connectivity index (χ0) is 14.8. The molecule has 1 aliphatic heterocycles. The van der Waals surface area contributed by atoms with Crippen LogP contribution in [0.3, 0.4) is 0 Å². The highest BCUT2D eigenvalue weighted by molar-refractivity contribution is 7.15. The van der Waals surface area contributed by atoms with E-state index in [-0.39, 0.29) is 0 Å². The molecular weight excluding hydrogens is 280 g/mol. The summed E-state index contributed by atoms with van der Waals surface area (Å²) in [5.41, 5.74) is 7.22. The van der Waals surface area contributed by atoms with Crippen LogP contribution in [0.25, 0.3) is 10.4 Å². The van der Waals surface area contributed by atoms with Gasteiger partial charge in [0.1, 0.15) is 0 Å². The molecule has 0 saturated carbocycles. The lowest BCUT2D eigenvalue weighted by Gasteiger charge is -2.33. The van der Waals surface area contributed by atoms with Crippen molar-refractivity contribution >= 4 is 11.3 Å². The molecule has 5 heteroatoms. The van der Waals surface area contributed by atoms with Crippen LogP contribution in [0, 0.1) is 5.92 Å². The van der Waals surface area contributed by atoms with Crippen molar-refractivity contribution in [2.75, 3.05) is 13.1 Å². The van der Waals surface area contributed by atoms with E-state index in [2.05, 4.69) is 35.3 Å². The Kier molecular flexibility index (Phi) is 4.42. The van der Waals surface area contributed by atoms with Crippen LogP contribution in [-0.2, 0) is 13.6 Å². The fourth-order valence-electron chi connectivity index (χ4n) is 3.02. The Balaban J connectivity index is 1.58. The topological polar surface area (TPSA) is 47.1 Å². The van der Waals surface area contributed by atoms with Gasteiger partial charge in [-0.15, -0.1) is 11.3 Å². The normalized spacial score (nSPS) is 19.0. The molecule has 0 aromatic carbocycles. The quantitative estimate of drug-likeness (QED) is 0.945. The van der Waals surface area contributed by atoms with E-state index in [0.717, 1.165) is 6.54 Å². The molecule has 2 N–H and O–H groups in total. The number of likely N-dealkylation sites (tertiary alicyclic amines) is 1. The summed E-state index contributed by atoms with van der Waals surface area (Å²) < 4.78 is 1.85. The number of rotatable bonds is 4. The predicted octanol–water partition coefficient (Wildman–Crippen LogP) is 2.71. The van der Waals surface area contributed by atoms with Crippen LogP contribution in [-0.4, -0.2) is 33.8 Å². The minimum Gasteiger partial charge on any atom is -0.328 e. The van der Waals surface area contributed by atoms with Gasteiger partial charge in [0.05, 0.1) is 6.20 Å². The Hall–Kier alpha value is -1.17. The van der Waals surface area contributed by atoms with E-state index in [4.69, 9.17) is 5.73 Å². The van der Waals surface area contributed by atoms with E-state index in [1.807, 2.05) is 29.3 Å². The molecule has 1 aliphatic rings. The third-order valence-corrected chi connectivity index (χ3v) is 5.53. The molecule has 3 heterocycles. The molecule has 21 heavy (non-hydrogen) atoms. The van der Waals surface area contributed by atoms with Crippen molar-refractivity contribution in [1.82, 2.24) is 14.7 Å². The van der Waals surface area contributed by atoms with Crippen LogP contribution < -0.4 is 5.73 Å². The number of aryl methyl sites for hydroxylation is 1. The van der Waals surface area contributed by atoms with E-state index < -0.39 is 0 Å². The molecule has 2 aromatic heterocycles. The second-order valence-corrected chi connectivity index (χ2v) is 7.31. The van der Waals surface area contributed by atoms with Gasteiger partial charge in [0.25, 0.3) is 0 Å². The van der Waals surface area contributed by atoms with Gasteiger partial charge >= 0.3 is 0 Å². The highest BCUT2D eigenvalue weighted by atomic mass is 32.1. The van der Waals surface area contributed by atoms with Crippen molar-refractivity contribution in [2.24, 2.45) is 18.7 Å². The van der Waals surface area contributed by atoms with Gasteiger partial charge in [0.15, 0.2) is 0 Å². The lowest BCUT2D eigenvalue weighted by Crippen LogP contribution is -2.39. The molecule has 2 aromatic rings. The first-order valence-corrected chi connectivity index (χ1v) is 8.49. The maximum absolute atomic E-state index is 6.01. The maximum Gasteiger partial charge on any atom is 0.0576 e. The minimum absolute atomic E-state index is 0.339. The van der Waals surface area contributed by atoms with Gasteiger partial charge in [-0.1, -0.05) is 0 Å². The fourth-order valence-corrected chi connectivity index (χ4v) is 4.05. The van der Waals surface area contributed by atoms with Crippen LogP contribution in [0.1, 0.15) is 24.6 Å². The Morgan fingerprint density at radius 3 is 2.76 bits per heavy atom. The van der Waals surface area contributed by atoms with Gasteiger partial charge < -0.3 is 5.73 Å². The molecule has 0 bridgehead atoms. The highest BCUT2D eigenvalue weighted by Gasteiger charge is 2.22. The second kappa shape index (κ2) is 6.30. The van der Waals surface area contributed by atoms with Crippen molar-refractivity contribution in [3.05, 3.63) is 29.4 Å². The third kappa shape index (κ3) is 3.54. The standard InChI is InChI=1S/C16H24N4S/c1-12(17)13-5-7-20(8-6-13)11-15-3-4-16(21-15)14-9-18-19(2)10-14/h3-4,9-10,12-13H,5-8,11,17H2,1-2H3. The van der Waals surface area contributed by atoms with Crippen LogP contribution >= 0.6 is 11.3 Å². The van der Waals surface area contributed by atoms with E-state index in [1.165, 1.54) is 41.2 Å². The van der Waals surface area contributed by atoms with Gasteiger partial charge in [-0.3, -0.25) is 9.58 Å². The molecular formula is C16H24N4S. The average Bonchev–Trinajstić information content (AvgIpc) is 3.08. The summed E-state index contributed by atoms with van der Waals surface area (Å²) in [5.74, 6) is 0.704. The van der Waals surface area contributed by atoms with Crippen molar-refractivity contribution in [3.63, 3.8) is 0 Å². The SMILES string of the molecule is CC(N)C1CCN(Cc2ccc(-c3cnn(C)c3)s2)CC1. The maximum atomic E-state index is 6.01. The van der Waals surface area contributed by atoms with E-state index in [0.29, 0.717) is 12.0 Å². The van der Waals surface area contributed by atoms with Gasteiger partial charge in [0.2, 0.25) is 0 Å². The molecule has 1 atom stereocenters. The summed E-state index contributed by atoms with van der Waals surface area (Å²) in [5, 5.41) is 4.24. The highest BCUT2D eigenvalue weighted by Crippen LogP contribution is 2.29. The summed E-state index contributed by atoms with van der Waals surface area (Å²) in [7, 11) is 1.96. The number of hydrogen-bond donors (Lipinski definition) is 1. The van der Waals surface area contributed by atoms with Crippen LogP contribution in [0.4, 0.5) is 0 Å². The summed E-state index contributed by atoms with van der Waals surface area (Å²) in [4.78, 5) is 5.30. The number of piperidine rings is 1. The number of aromatic nitrogens is 2. The Labute approximate surface area is 130 Å². The third-order valence-electron chi connectivity index (χ3n) is 4.41. The molecule has 1 fully saturated rings. The fraction of sp³-hybridized carbons (Fsp3) is 0.562. The molecule has 4 nitrogen and oxygen atoms in total. The first kappa shape index (κ1) is 14.8. The lowest BCUT2D eigenvalue weighted by atomic mass is 9.91. The zero-order valence-electron chi connectivity index (χ0n) is 12.8. The van der Waals surface area contributed by atoms with Crippen molar-refractivity contribution in [3.8, 4) is 10.4 Å². The van der Waals surface area contributed by atoms with Gasteiger partial charge in [0, 0.05) is 41.1 Å². The van der Waals surface area contributed by atoms with Crippen LogP contribution in [0.5, 0.6) is 0 Å². The second-order valence-electron chi connectivity index (χ2n) is 6.14. The summed E-state index contributed by atoms with van der Waals surface area (Å²) in [6.45, 7) is 5.55. The van der Waals surface area contributed by atoms with Crippen molar-refractivity contribution < 1.29 is 0 Å². The predicted molar refractivity (Wildman–Crippen MR) is 88.2 cm³/mol. The van der Waals surface area contributed by atoms with E-state index in [1.54, 1.807) is 0 Å². The Morgan fingerprint density at radius 2 is 2.14 bits per heavy atom. The molecule has 3 rings (SSSR count). The smallest absolute Gasteiger partial charge is 0.0576 e. The summed E-state index contributed by atoms with van der Waals surface area (Å²) in [6.07, 6.45) is 6.48. The molecule has 1 unspecified atom stereocenters. The summed E-state index contributed by atoms with van der Waals surface area (Å²) in [6, 6.07) is 4.81. The Bertz CT molecular complexity index is 579. The number of nitrogens with two attached hydrogens (primary N) is 1.